The first-order valence-corrected chi connectivity index (χ1v) is 4.96. The summed E-state index contributed by atoms with van der Waals surface area (Å²) in [5.74, 6) is 0. The molecule has 0 fully saturated rings. The van der Waals surface area contributed by atoms with Gasteiger partial charge in [-0.25, -0.2) is 9.97 Å². The lowest BCUT2D eigenvalue weighted by atomic mass is 10.0. The maximum Gasteiger partial charge on any atom is 0.157 e. The lowest BCUT2D eigenvalue weighted by Gasteiger charge is -2.31. The van der Waals surface area contributed by atoms with E-state index >= 15 is 0 Å². The van der Waals surface area contributed by atoms with Gasteiger partial charge in [0.25, 0.3) is 0 Å². The van der Waals surface area contributed by atoms with Crippen LogP contribution in [0.25, 0.3) is 0 Å². The van der Waals surface area contributed by atoms with Gasteiger partial charge in [-0.05, 0) is 13.0 Å². The van der Waals surface area contributed by atoms with Crippen molar-refractivity contribution < 1.29 is 4.74 Å². The fourth-order valence-electron chi connectivity index (χ4n) is 1.30. The molecule has 1 aromatic heterocycles. The van der Waals surface area contributed by atoms with Crippen LogP contribution in [0.2, 0.25) is 0 Å². The fraction of sp³-hybridized carbons (Fsp3) is 0.500. The third-order valence-electron chi connectivity index (χ3n) is 2.29. The molecule has 5 heteroatoms. The van der Waals surface area contributed by atoms with Gasteiger partial charge in [-0.2, -0.15) is 0 Å². The van der Waals surface area contributed by atoms with Crippen molar-refractivity contribution in [3.05, 3.63) is 24.3 Å². The molecule has 82 valence electrons. The van der Waals surface area contributed by atoms with Crippen molar-refractivity contribution in [3.8, 4) is 0 Å². The summed E-state index contributed by atoms with van der Waals surface area (Å²) in [6.07, 6.45) is 3.17. The third kappa shape index (κ3) is 2.30. The minimum absolute atomic E-state index is 0.679. The van der Waals surface area contributed by atoms with Gasteiger partial charge in [0.15, 0.2) is 5.60 Å². The summed E-state index contributed by atoms with van der Waals surface area (Å²) in [5, 5.41) is 0. The Morgan fingerprint density at radius 1 is 1.53 bits per heavy atom. The molecule has 0 amide bonds. The van der Waals surface area contributed by atoms with Crippen LogP contribution in [0.15, 0.2) is 18.6 Å². The summed E-state index contributed by atoms with van der Waals surface area (Å²) >= 11 is 5.33. The van der Waals surface area contributed by atoms with E-state index in [2.05, 4.69) is 9.97 Å². The van der Waals surface area contributed by atoms with Crippen molar-refractivity contribution in [3.63, 3.8) is 0 Å². The van der Waals surface area contributed by atoms with Gasteiger partial charge < -0.3 is 9.64 Å². The van der Waals surface area contributed by atoms with E-state index in [9.17, 15) is 0 Å². The van der Waals surface area contributed by atoms with Crippen LogP contribution in [0.5, 0.6) is 0 Å². The van der Waals surface area contributed by atoms with E-state index in [0.717, 1.165) is 5.69 Å². The number of likely N-dealkylation sites (N-methyl/N-ethyl adjacent to an activating group) is 1. The predicted octanol–water partition coefficient (Wildman–Crippen LogP) is 1.23. The summed E-state index contributed by atoms with van der Waals surface area (Å²) in [5.41, 5.74) is 0.0839. The Labute approximate surface area is 95.3 Å². The van der Waals surface area contributed by atoms with E-state index in [1.165, 1.54) is 6.33 Å². The van der Waals surface area contributed by atoms with Crippen molar-refractivity contribution in [1.29, 1.82) is 0 Å². The predicted molar refractivity (Wildman–Crippen MR) is 62.7 cm³/mol. The molecule has 0 N–H and O–H groups in total. The standard InChI is InChI=1S/C10H15N3OS/c1-10(14-4,9(15)13(2)3)8-5-6-11-7-12-8/h5-7H,1-4H3. The first kappa shape index (κ1) is 12.0. The zero-order chi connectivity index (χ0) is 11.5. The molecule has 1 heterocycles. The molecule has 4 nitrogen and oxygen atoms in total. The van der Waals surface area contributed by atoms with E-state index in [0.29, 0.717) is 4.99 Å². The van der Waals surface area contributed by atoms with Crippen molar-refractivity contribution >= 4 is 17.2 Å². The monoisotopic (exact) mass is 225 g/mol. The number of hydrogen-bond acceptors (Lipinski definition) is 4. The highest BCUT2D eigenvalue weighted by Gasteiger charge is 2.34. The average molecular weight is 225 g/mol. The van der Waals surface area contributed by atoms with Gasteiger partial charge in [0.1, 0.15) is 11.3 Å². The number of hydrogen-bond donors (Lipinski definition) is 0. The van der Waals surface area contributed by atoms with Gasteiger partial charge in [-0.15, -0.1) is 0 Å². The number of methoxy groups -OCH3 is 1. The second kappa shape index (κ2) is 4.63. The Morgan fingerprint density at radius 3 is 2.60 bits per heavy atom. The Bertz CT molecular complexity index is 342. The minimum atomic E-state index is -0.679. The fourth-order valence-corrected chi connectivity index (χ4v) is 1.49. The van der Waals surface area contributed by atoms with Gasteiger partial charge in [-0.3, -0.25) is 0 Å². The van der Waals surface area contributed by atoms with Gasteiger partial charge in [0.2, 0.25) is 0 Å². The van der Waals surface area contributed by atoms with E-state index in [1.54, 1.807) is 19.4 Å². The Morgan fingerprint density at radius 2 is 2.20 bits per heavy atom. The minimum Gasteiger partial charge on any atom is -0.370 e. The van der Waals surface area contributed by atoms with Crippen molar-refractivity contribution in [2.45, 2.75) is 12.5 Å². The zero-order valence-corrected chi connectivity index (χ0v) is 10.2. The molecule has 0 saturated heterocycles. The molecule has 0 radical (unpaired) electrons. The Hall–Kier alpha value is -1.07. The Balaban J connectivity index is 3.11. The maximum absolute atomic E-state index is 5.47. The molecule has 0 saturated carbocycles. The first-order chi connectivity index (χ1) is 7.02. The van der Waals surface area contributed by atoms with Gasteiger partial charge in [0, 0.05) is 27.4 Å². The van der Waals surface area contributed by atoms with Crippen LogP contribution in [0.1, 0.15) is 12.6 Å². The summed E-state index contributed by atoms with van der Waals surface area (Å²) in [6, 6.07) is 1.80. The highest BCUT2D eigenvalue weighted by Crippen LogP contribution is 2.25. The van der Waals surface area contributed by atoms with Crippen LogP contribution in [0.4, 0.5) is 0 Å². The molecule has 15 heavy (non-hydrogen) atoms. The van der Waals surface area contributed by atoms with E-state index < -0.39 is 5.60 Å². The molecule has 1 rings (SSSR count). The highest BCUT2D eigenvalue weighted by molar-refractivity contribution is 7.80. The zero-order valence-electron chi connectivity index (χ0n) is 9.39. The summed E-state index contributed by atoms with van der Waals surface area (Å²) in [6.45, 7) is 1.90. The molecule has 0 aliphatic carbocycles. The second-order valence-corrected chi connectivity index (χ2v) is 3.92. The first-order valence-electron chi connectivity index (χ1n) is 4.55. The summed E-state index contributed by atoms with van der Waals surface area (Å²) in [4.78, 5) is 10.6. The summed E-state index contributed by atoms with van der Waals surface area (Å²) < 4.78 is 5.47. The Kier molecular flexibility index (Phi) is 3.71. The van der Waals surface area contributed by atoms with Crippen LogP contribution in [-0.2, 0) is 10.3 Å². The van der Waals surface area contributed by atoms with Crippen LogP contribution in [0, 0.1) is 0 Å². The van der Waals surface area contributed by atoms with Crippen LogP contribution < -0.4 is 0 Å². The number of aromatic nitrogens is 2. The number of ether oxygens (including phenoxy) is 1. The SMILES string of the molecule is COC(C)(C(=S)N(C)C)c1ccncn1. The molecule has 0 bridgehead atoms. The van der Waals surface area contributed by atoms with Gasteiger partial charge in [0.05, 0.1) is 5.69 Å². The second-order valence-electron chi connectivity index (χ2n) is 3.53. The molecule has 1 unspecified atom stereocenters. The van der Waals surface area contributed by atoms with Crippen molar-refractivity contribution in [2.24, 2.45) is 0 Å². The normalized spacial score (nSPS) is 14.4. The van der Waals surface area contributed by atoms with Crippen LogP contribution >= 0.6 is 12.2 Å². The molecule has 0 aliphatic heterocycles. The molecular weight excluding hydrogens is 210 g/mol. The molecule has 0 aliphatic rings. The van der Waals surface area contributed by atoms with Crippen molar-refractivity contribution in [2.75, 3.05) is 21.2 Å². The van der Waals surface area contributed by atoms with E-state index in [1.807, 2.05) is 25.9 Å². The van der Waals surface area contributed by atoms with E-state index in [4.69, 9.17) is 17.0 Å². The quantitative estimate of drug-likeness (QED) is 0.723. The molecule has 1 atom stereocenters. The van der Waals surface area contributed by atoms with Crippen molar-refractivity contribution in [1.82, 2.24) is 14.9 Å². The topological polar surface area (TPSA) is 38.2 Å². The maximum atomic E-state index is 5.47. The van der Waals surface area contributed by atoms with E-state index in [-0.39, 0.29) is 0 Å². The van der Waals surface area contributed by atoms with Gasteiger partial charge >= 0.3 is 0 Å². The largest absolute Gasteiger partial charge is 0.370 e. The number of rotatable bonds is 3. The molecule has 1 aromatic rings. The smallest absolute Gasteiger partial charge is 0.157 e. The molecular formula is C10H15N3OS. The van der Waals surface area contributed by atoms with Crippen LogP contribution in [-0.4, -0.2) is 41.1 Å². The number of thiocarbonyl (C=S) groups is 1. The summed E-state index contributed by atoms with van der Waals surface area (Å²) in [7, 11) is 5.40. The third-order valence-corrected chi connectivity index (χ3v) is 3.05. The van der Waals surface area contributed by atoms with Crippen LogP contribution in [0.3, 0.4) is 0 Å². The highest BCUT2D eigenvalue weighted by atomic mass is 32.1. The number of nitrogens with zero attached hydrogens (tertiary/aromatic N) is 3. The van der Waals surface area contributed by atoms with Gasteiger partial charge in [-0.1, -0.05) is 12.2 Å². The lowest BCUT2D eigenvalue weighted by Crippen LogP contribution is -2.42. The average Bonchev–Trinajstić information content (AvgIpc) is 2.28. The molecule has 0 spiro atoms. The molecule has 0 aromatic carbocycles. The lowest BCUT2D eigenvalue weighted by molar-refractivity contribution is 0.0545.